The van der Waals surface area contributed by atoms with Crippen LogP contribution in [0, 0.1) is 35.5 Å². The van der Waals surface area contributed by atoms with Gasteiger partial charge in [0, 0.05) is 11.1 Å². The number of nitrogens with two attached hydrogens (primary N) is 2. The molecule has 8 fully saturated rings. The molecule has 44 heavy (non-hydrogen) atoms. The Bertz CT molecular complexity index is 1450. The monoisotopic (exact) mass is 592 g/mol. The summed E-state index contributed by atoms with van der Waals surface area (Å²) < 4.78 is 13.6. The fraction of sp³-hybridized carbons (Fsp3) is 0.526. The molecular weight excluding hydrogens is 548 g/mol. The van der Waals surface area contributed by atoms with Gasteiger partial charge >= 0.3 is 0 Å². The van der Waals surface area contributed by atoms with Gasteiger partial charge in [-0.3, -0.25) is 0 Å². The Morgan fingerprint density at radius 1 is 0.500 bits per heavy atom. The van der Waals surface area contributed by atoms with Crippen molar-refractivity contribution < 1.29 is 19.7 Å². The fourth-order valence-electron chi connectivity index (χ4n) is 11.9. The van der Waals surface area contributed by atoms with E-state index in [4.69, 9.17) is 20.9 Å². The van der Waals surface area contributed by atoms with Gasteiger partial charge < -0.3 is 31.2 Å². The largest absolute Gasteiger partial charge is 0.503 e. The van der Waals surface area contributed by atoms with Crippen molar-refractivity contribution in [2.75, 3.05) is 11.5 Å². The Hall–Kier alpha value is -3.54. The van der Waals surface area contributed by atoms with Gasteiger partial charge in [-0.25, -0.2) is 0 Å². The molecule has 8 saturated carbocycles. The van der Waals surface area contributed by atoms with E-state index in [0.29, 0.717) is 22.9 Å². The number of aromatic hydroxyl groups is 2. The maximum Gasteiger partial charge on any atom is 0.181 e. The van der Waals surface area contributed by atoms with E-state index < -0.39 is 0 Å². The van der Waals surface area contributed by atoms with Gasteiger partial charge in [-0.1, -0.05) is 12.1 Å². The number of anilines is 2. The smallest absolute Gasteiger partial charge is 0.181 e. The van der Waals surface area contributed by atoms with E-state index in [1.165, 1.54) is 88.2 Å². The summed E-state index contributed by atoms with van der Waals surface area (Å²) in [5.74, 6) is 6.95. The SMILES string of the molecule is Nc1cccc(Oc2cc(C34CC5CC(CC(C5)C3)C4)c(Oc3cccc(N)c3O)cc2C23CC4CC(CC(C4)C2)C3)c1O. The molecule has 0 atom stereocenters. The first kappa shape index (κ1) is 26.8. The highest BCUT2D eigenvalue weighted by atomic mass is 16.5. The molecule has 0 heterocycles. The summed E-state index contributed by atoms with van der Waals surface area (Å²) in [5.41, 5.74) is 15.3. The molecule has 3 aromatic carbocycles. The van der Waals surface area contributed by atoms with Gasteiger partial charge in [0.2, 0.25) is 0 Å². The lowest BCUT2D eigenvalue weighted by molar-refractivity contribution is -0.00826. The zero-order chi connectivity index (χ0) is 29.8. The van der Waals surface area contributed by atoms with Crippen molar-refractivity contribution in [3.8, 4) is 34.5 Å². The highest BCUT2D eigenvalue weighted by Gasteiger charge is 2.55. The zero-order valence-electron chi connectivity index (χ0n) is 25.4. The summed E-state index contributed by atoms with van der Waals surface area (Å²) in [6.07, 6.45) is 15.1. The highest BCUT2D eigenvalue weighted by Crippen LogP contribution is 2.66. The summed E-state index contributed by atoms with van der Waals surface area (Å²) in [6, 6.07) is 15.3. The Balaban J connectivity index is 1.25. The second-order valence-electron chi connectivity index (χ2n) is 15.8. The quantitative estimate of drug-likeness (QED) is 0.168. The second-order valence-corrected chi connectivity index (χ2v) is 15.8. The summed E-state index contributed by atoms with van der Waals surface area (Å²) >= 11 is 0. The van der Waals surface area contributed by atoms with Crippen LogP contribution in [-0.4, -0.2) is 10.2 Å². The van der Waals surface area contributed by atoms with Crippen LogP contribution in [-0.2, 0) is 10.8 Å². The first-order chi connectivity index (χ1) is 21.3. The van der Waals surface area contributed by atoms with Crippen LogP contribution in [0.5, 0.6) is 34.5 Å². The van der Waals surface area contributed by atoms with Crippen LogP contribution in [0.15, 0.2) is 48.5 Å². The topological polar surface area (TPSA) is 111 Å². The molecule has 8 bridgehead atoms. The summed E-state index contributed by atoms with van der Waals surface area (Å²) in [5, 5.41) is 21.9. The van der Waals surface area contributed by atoms with Crippen molar-refractivity contribution in [3.63, 3.8) is 0 Å². The number of hydrogen-bond donors (Lipinski definition) is 4. The number of phenolic OH excluding ortho intramolecular Hbond substituents is 2. The molecular formula is C38H44N2O4. The number of phenols is 2. The molecule has 0 radical (unpaired) electrons. The van der Waals surface area contributed by atoms with Crippen LogP contribution in [0.3, 0.4) is 0 Å². The van der Waals surface area contributed by atoms with Crippen LogP contribution in [0.1, 0.15) is 88.2 Å². The summed E-state index contributed by atoms with van der Waals surface area (Å²) in [7, 11) is 0. The van der Waals surface area contributed by atoms with Crippen molar-refractivity contribution in [1.29, 1.82) is 0 Å². The predicted molar refractivity (Wildman–Crippen MR) is 171 cm³/mol. The van der Waals surface area contributed by atoms with E-state index >= 15 is 0 Å². The molecule has 11 rings (SSSR count). The van der Waals surface area contributed by atoms with Crippen LogP contribution >= 0.6 is 0 Å². The molecule has 8 aliphatic rings. The molecule has 8 aliphatic carbocycles. The van der Waals surface area contributed by atoms with Crippen LogP contribution < -0.4 is 20.9 Å². The molecule has 0 saturated heterocycles. The van der Waals surface area contributed by atoms with Crippen molar-refractivity contribution in [1.82, 2.24) is 0 Å². The molecule has 6 nitrogen and oxygen atoms in total. The molecule has 230 valence electrons. The van der Waals surface area contributed by atoms with E-state index in [1.54, 1.807) is 12.1 Å². The van der Waals surface area contributed by atoms with E-state index in [1.807, 2.05) is 24.3 Å². The maximum atomic E-state index is 11.0. The number of ether oxygens (including phenoxy) is 2. The summed E-state index contributed by atoms with van der Waals surface area (Å²) in [6.45, 7) is 0. The van der Waals surface area contributed by atoms with Crippen LogP contribution in [0.4, 0.5) is 11.4 Å². The van der Waals surface area contributed by atoms with Gasteiger partial charge in [0.1, 0.15) is 11.5 Å². The minimum atomic E-state index is -0.00896. The third-order valence-electron chi connectivity index (χ3n) is 12.8. The molecule has 6 N–H and O–H groups in total. The van der Waals surface area contributed by atoms with Gasteiger partial charge in [-0.05, 0) is 160 Å². The van der Waals surface area contributed by atoms with E-state index in [0.717, 1.165) is 47.0 Å². The Morgan fingerprint density at radius 3 is 1.14 bits per heavy atom. The Morgan fingerprint density at radius 2 is 0.818 bits per heavy atom. The Kier molecular flexibility index (Phi) is 5.78. The molecule has 0 spiro atoms. The molecule has 0 amide bonds. The van der Waals surface area contributed by atoms with Crippen molar-refractivity contribution >= 4 is 11.4 Å². The third-order valence-corrected chi connectivity index (χ3v) is 12.8. The van der Waals surface area contributed by atoms with E-state index in [9.17, 15) is 10.2 Å². The lowest BCUT2D eigenvalue weighted by atomic mass is 9.47. The summed E-state index contributed by atoms with van der Waals surface area (Å²) in [4.78, 5) is 0. The lowest BCUT2D eigenvalue weighted by Crippen LogP contribution is -2.49. The van der Waals surface area contributed by atoms with Gasteiger partial charge in [0.15, 0.2) is 23.0 Å². The molecule has 3 aromatic rings. The van der Waals surface area contributed by atoms with Crippen molar-refractivity contribution in [2.45, 2.75) is 87.9 Å². The van der Waals surface area contributed by atoms with Gasteiger partial charge in [0.25, 0.3) is 0 Å². The predicted octanol–water partition coefficient (Wildman–Crippen LogP) is 8.78. The maximum absolute atomic E-state index is 11.0. The number of hydrogen-bond acceptors (Lipinski definition) is 6. The number of benzene rings is 3. The lowest BCUT2D eigenvalue weighted by Gasteiger charge is -2.58. The van der Waals surface area contributed by atoms with Crippen molar-refractivity contribution in [3.05, 3.63) is 59.7 Å². The second kappa shape index (κ2) is 9.48. The first-order valence-electron chi connectivity index (χ1n) is 17.0. The molecule has 0 unspecified atom stereocenters. The van der Waals surface area contributed by atoms with Gasteiger partial charge in [-0.2, -0.15) is 0 Å². The van der Waals surface area contributed by atoms with E-state index in [-0.39, 0.29) is 22.3 Å². The number of para-hydroxylation sites is 2. The highest BCUT2D eigenvalue weighted by molar-refractivity contribution is 5.64. The van der Waals surface area contributed by atoms with E-state index in [2.05, 4.69) is 12.1 Å². The average Bonchev–Trinajstić information content (AvgIpc) is 2.97. The zero-order valence-corrected chi connectivity index (χ0v) is 25.4. The minimum absolute atomic E-state index is 0.00896. The van der Waals surface area contributed by atoms with Gasteiger partial charge in [-0.15, -0.1) is 0 Å². The first-order valence-corrected chi connectivity index (χ1v) is 17.0. The molecule has 0 aliphatic heterocycles. The van der Waals surface area contributed by atoms with Crippen LogP contribution in [0.2, 0.25) is 0 Å². The Labute approximate surface area is 259 Å². The average molecular weight is 593 g/mol. The fourth-order valence-corrected chi connectivity index (χ4v) is 11.9. The van der Waals surface area contributed by atoms with Gasteiger partial charge in [0.05, 0.1) is 11.4 Å². The normalized spacial score (nSPS) is 36.1. The number of rotatable bonds is 6. The van der Waals surface area contributed by atoms with Crippen molar-refractivity contribution in [2.24, 2.45) is 35.5 Å². The number of nitrogen functional groups attached to an aromatic ring is 2. The standard InChI is InChI=1S/C38H44N2O4/c39-29-3-1-5-31(35(29)41)43-33-13-28(38-18-24-10-25(19-38)12-26(11-24)20-38)34(44-32-6-2-4-30(40)36(32)42)14-27(33)37-15-21-7-22(16-37)9-23(8-21)17-37/h1-6,13-14,21-26,41-42H,7-12,15-20,39-40H2. The molecule has 6 heteroatoms. The van der Waals surface area contributed by atoms with Crippen LogP contribution in [0.25, 0.3) is 0 Å². The third kappa shape index (κ3) is 4.12. The minimum Gasteiger partial charge on any atom is -0.503 e. The molecule has 0 aromatic heterocycles.